The average molecular weight is 422 g/mol. The molecular formula is C20H28ClN5O3. The van der Waals surface area contributed by atoms with Gasteiger partial charge in [-0.25, -0.2) is 0 Å². The predicted molar refractivity (Wildman–Crippen MR) is 114 cm³/mol. The molecule has 2 fully saturated rings. The highest BCUT2D eigenvalue weighted by Crippen LogP contribution is 2.33. The number of aromatic nitrogens is 3. The molecule has 0 atom stereocenters. The number of nitrogen functional groups attached to an aromatic ring is 1. The summed E-state index contributed by atoms with van der Waals surface area (Å²) in [5, 5.41) is 17.9. The molecule has 0 aromatic carbocycles. The number of nitrogens with two attached hydrogens (primary N) is 1. The molecule has 158 valence electrons. The molecule has 0 saturated heterocycles. The van der Waals surface area contributed by atoms with Gasteiger partial charge >= 0.3 is 0 Å². The summed E-state index contributed by atoms with van der Waals surface area (Å²) < 4.78 is 2.73. The van der Waals surface area contributed by atoms with E-state index in [1.54, 1.807) is 4.57 Å². The number of fused-ring (bicyclic) bond motifs is 1. The van der Waals surface area contributed by atoms with Crippen molar-refractivity contribution >= 4 is 35.9 Å². The Bertz CT molecular complexity index is 1040. The van der Waals surface area contributed by atoms with Crippen LogP contribution in [0.4, 0.5) is 5.82 Å². The highest BCUT2D eigenvalue weighted by Gasteiger charge is 2.31. The first kappa shape index (κ1) is 21.2. The first-order valence-corrected chi connectivity index (χ1v) is 9.79. The minimum atomic E-state index is -0.659. The van der Waals surface area contributed by atoms with Crippen LogP contribution in [-0.4, -0.2) is 31.2 Å². The molecule has 2 heterocycles. The van der Waals surface area contributed by atoms with Crippen LogP contribution >= 0.6 is 12.4 Å². The molecule has 29 heavy (non-hydrogen) atoms. The number of aromatic hydroxyl groups is 1. The molecule has 2 aliphatic rings. The van der Waals surface area contributed by atoms with Gasteiger partial charge in [-0.05, 0) is 37.0 Å². The molecule has 0 aliphatic heterocycles. The van der Waals surface area contributed by atoms with E-state index in [-0.39, 0.29) is 41.1 Å². The van der Waals surface area contributed by atoms with E-state index in [4.69, 9.17) is 5.73 Å². The fraction of sp³-hybridized carbons (Fsp3) is 0.550. The van der Waals surface area contributed by atoms with Crippen LogP contribution in [0.1, 0.15) is 62.4 Å². The van der Waals surface area contributed by atoms with Crippen LogP contribution in [0.2, 0.25) is 0 Å². The van der Waals surface area contributed by atoms with Crippen LogP contribution in [0.3, 0.4) is 0 Å². The highest BCUT2D eigenvalue weighted by atomic mass is 35.5. The zero-order chi connectivity index (χ0) is 20.2. The second-order valence-electron chi connectivity index (χ2n) is 9.13. The van der Waals surface area contributed by atoms with Gasteiger partial charge in [0.1, 0.15) is 0 Å². The van der Waals surface area contributed by atoms with Crippen molar-refractivity contribution in [1.82, 2.24) is 19.5 Å². The number of hydrogen-bond donors (Lipinski definition) is 3. The lowest BCUT2D eigenvalue weighted by Gasteiger charge is -2.23. The number of anilines is 1. The monoisotopic (exact) mass is 421 g/mol. The van der Waals surface area contributed by atoms with Crippen molar-refractivity contribution in [3.63, 3.8) is 0 Å². The number of amides is 1. The largest absolute Gasteiger partial charge is 0.494 e. The summed E-state index contributed by atoms with van der Waals surface area (Å²) in [7, 11) is 0. The number of allylic oxidation sites excluding steroid dienone is 1. The van der Waals surface area contributed by atoms with Crippen LogP contribution in [0.15, 0.2) is 10.9 Å². The Labute approximate surface area is 175 Å². The molecule has 4 N–H and O–H groups in total. The molecule has 0 unspecified atom stereocenters. The van der Waals surface area contributed by atoms with E-state index in [1.807, 2.05) is 26.8 Å². The number of carbonyl (C=O) groups excluding carboxylic acids is 1. The summed E-state index contributed by atoms with van der Waals surface area (Å²) in [4.78, 5) is 25.7. The molecule has 4 rings (SSSR count). The lowest BCUT2D eigenvalue weighted by molar-refractivity contribution is 0.0944. The Morgan fingerprint density at radius 1 is 1.31 bits per heavy atom. The van der Waals surface area contributed by atoms with Crippen LogP contribution < -0.4 is 16.6 Å². The third-order valence-corrected chi connectivity index (χ3v) is 5.00. The van der Waals surface area contributed by atoms with E-state index in [9.17, 15) is 14.7 Å². The molecular weight excluding hydrogens is 394 g/mol. The molecule has 2 aromatic rings. The van der Waals surface area contributed by atoms with Gasteiger partial charge in [0.2, 0.25) is 5.88 Å². The molecule has 2 saturated carbocycles. The molecule has 2 aliphatic carbocycles. The van der Waals surface area contributed by atoms with Crippen molar-refractivity contribution in [3.8, 4) is 5.88 Å². The molecule has 0 radical (unpaired) electrons. The fourth-order valence-electron chi connectivity index (χ4n) is 3.26. The summed E-state index contributed by atoms with van der Waals surface area (Å²) in [6.45, 7) is 6.45. The summed E-state index contributed by atoms with van der Waals surface area (Å²) in [5.74, 6) is -0.185. The number of hydrogen-bond acceptors (Lipinski definition) is 5. The van der Waals surface area contributed by atoms with Crippen molar-refractivity contribution in [2.75, 3.05) is 5.73 Å². The molecule has 0 bridgehead atoms. The van der Waals surface area contributed by atoms with E-state index in [2.05, 4.69) is 16.5 Å². The van der Waals surface area contributed by atoms with Crippen molar-refractivity contribution in [1.29, 1.82) is 0 Å². The zero-order valence-electron chi connectivity index (χ0n) is 16.9. The standard InChI is InChI=1S/C20H27N5O3.ClH/c1-20(2,3)10-24-17-13(9-6-11-4-5-11)15(21)23-25(17)19(28)14(18(24)27)16(26)22-12-7-8-12;/h6,9,11-12,27H,4-5,7-8,10H2,1-3H3,(H2,21,23)(H,22,26);1H/b9-6+;. The van der Waals surface area contributed by atoms with Gasteiger partial charge in [-0.3, -0.25) is 14.2 Å². The highest BCUT2D eigenvalue weighted by molar-refractivity contribution is 5.97. The second-order valence-corrected chi connectivity index (χ2v) is 9.13. The van der Waals surface area contributed by atoms with Gasteiger partial charge in [-0.15, -0.1) is 17.5 Å². The fourth-order valence-corrected chi connectivity index (χ4v) is 3.26. The second kappa shape index (κ2) is 7.40. The first-order valence-electron chi connectivity index (χ1n) is 9.79. The summed E-state index contributed by atoms with van der Waals surface area (Å²) >= 11 is 0. The van der Waals surface area contributed by atoms with Gasteiger partial charge in [-0.2, -0.15) is 4.52 Å². The van der Waals surface area contributed by atoms with Gasteiger partial charge in [0.05, 0.1) is 5.56 Å². The maximum Gasteiger partial charge on any atom is 0.291 e. The molecule has 0 spiro atoms. The maximum atomic E-state index is 13.0. The number of nitrogens with zero attached hydrogens (tertiary/aromatic N) is 3. The average Bonchev–Trinajstić information content (AvgIpc) is 3.50. The van der Waals surface area contributed by atoms with Crippen LogP contribution in [0.25, 0.3) is 11.7 Å². The van der Waals surface area contributed by atoms with Crippen molar-refractivity contribution in [2.24, 2.45) is 11.3 Å². The Balaban J connectivity index is 0.00000240. The van der Waals surface area contributed by atoms with E-state index >= 15 is 0 Å². The minimum absolute atomic E-state index is 0. The van der Waals surface area contributed by atoms with Gasteiger partial charge in [0.15, 0.2) is 17.0 Å². The molecule has 8 nitrogen and oxygen atoms in total. The number of rotatable bonds is 5. The summed E-state index contributed by atoms with van der Waals surface area (Å²) in [6, 6.07) is 0.0674. The SMILES string of the molecule is CC(C)(C)Cn1c(O)c(C(=O)NC2CC2)c(=O)n2nc(N)c(/C=C/C3CC3)c12.Cl. The minimum Gasteiger partial charge on any atom is -0.494 e. The predicted octanol–water partition coefficient (Wildman–Crippen LogP) is 2.57. The van der Waals surface area contributed by atoms with Crippen LogP contribution in [-0.2, 0) is 6.54 Å². The number of nitrogens with one attached hydrogen (secondary N) is 1. The zero-order valence-corrected chi connectivity index (χ0v) is 17.8. The van der Waals surface area contributed by atoms with Gasteiger partial charge in [-0.1, -0.05) is 32.9 Å². The maximum absolute atomic E-state index is 13.0. The summed E-state index contributed by atoms with van der Waals surface area (Å²) in [5.41, 5.74) is 5.96. The molecule has 1 amide bonds. The Morgan fingerprint density at radius 3 is 2.52 bits per heavy atom. The van der Waals surface area contributed by atoms with E-state index in [0.29, 0.717) is 23.7 Å². The smallest absolute Gasteiger partial charge is 0.291 e. The first-order chi connectivity index (χ1) is 13.2. The van der Waals surface area contributed by atoms with Gasteiger partial charge < -0.3 is 16.2 Å². The molecule has 9 heteroatoms. The lowest BCUT2D eigenvalue weighted by Crippen LogP contribution is -2.35. The van der Waals surface area contributed by atoms with Crippen molar-refractivity contribution in [3.05, 3.63) is 27.6 Å². The Morgan fingerprint density at radius 2 is 1.97 bits per heavy atom. The molecule has 2 aromatic heterocycles. The van der Waals surface area contributed by atoms with E-state index in [1.165, 1.54) is 0 Å². The van der Waals surface area contributed by atoms with Crippen molar-refractivity contribution in [2.45, 2.75) is 59.0 Å². The van der Waals surface area contributed by atoms with E-state index in [0.717, 1.165) is 30.2 Å². The van der Waals surface area contributed by atoms with Gasteiger partial charge in [0, 0.05) is 12.6 Å². The summed E-state index contributed by atoms with van der Waals surface area (Å²) in [6.07, 6.45) is 7.98. The number of carbonyl (C=O) groups is 1. The number of halogens is 1. The Hall–Kier alpha value is -2.48. The van der Waals surface area contributed by atoms with Crippen LogP contribution in [0, 0.1) is 11.3 Å². The van der Waals surface area contributed by atoms with Gasteiger partial charge in [0.25, 0.3) is 11.5 Å². The quantitative estimate of drug-likeness (QED) is 0.686. The topological polar surface area (TPSA) is 115 Å². The Kier molecular flexibility index (Phi) is 5.42. The normalized spacial score (nSPS) is 16.9. The lowest BCUT2D eigenvalue weighted by atomic mass is 9.96. The third kappa shape index (κ3) is 4.27. The van der Waals surface area contributed by atoms with Crippen molar-refractivity contribution < 1.29 is 9.90 Å². The third-order valence-electron chi connectivity index (χ3n) is 5.00. The van der Waals surface area contributed by atoms with Crippen LogP contribution in [0.5, 0.6) is 5.88 Å². The van der Waals surface area contributed by atoms with E-state index < -0.39 is 11.5 Å².